The Bertz CT molecular complexity index is 214. The zero-order chi connectivity index (χ0) is 15.1. The zero-order valence-corrected chi connectivity index (χ0v) is 15.1. The summed E-state index contributed by atoms with van der Waals surface area (Å²) in [6.07, 6.45) is 8.34. The molecule has 0 aliphatic heterocycles. The van der Waals surface area contributed by atoms with Crippen molar-refractivity contribution in [1.82, 2.24) is 0 Å². The monoisotopic (exact) mass is 268 g/mol. The number of hydrogen-bond acceptors (Lipinski definition) is 0. The SMILES string of the molecule is CCC(CCCC(C)C)CC(C)(C)C(C)C(C)CC. The molecule has 0 aliphatic carbocycles. The molecule has 0 nitrogen and oxygen atoms in total. The van der Waals surface area contributed by atoms with Crippen LogP contribution in [0.1, 0.15) is 93.9 Å². The Labute approximate surface area is 123 Å². The first-order chi connectivity index (χ1) is 8.74. The Kier molecular flexibility index (Phi) is 9.03. The van der Waals surface area contributed by atoms with Gasteiger partial charge in [-0.15, -0.1) is 0 Å². The molecule has 0 radical (unpaired) electrons. The normalized spacial score (nSPS) is 17.5. The van der Waals surface area contributed by atoms with Crippen LogP contribution < -0.4 is 0 Å². The minimum atomic E-state index is 0.494. The zero-order valence-electron chi connectivity index (χ0n) is 15.1. The molecule has 0 bridgehead atoms. The Morgan fingerprint density at radius 2 is 1.42 bits per heavy atom. The van der Waals surface area contributed by atoms with E-state index in [-0.39, 0.29) is 0 Å². The average Bonchev–Trinajstić information content (AvgIpc) is 2.34. The summed E-state index contributed by atoms with van der Waals surface area (Å²) in [7, 11) is 0. The summed E-state index contributed by atoms with van der Waals surface area (Å²) in [6, 6.07) is 0. The van der Waals surface area contributed by atoms with Gasteiger partial charge < -0.3 is 0 Å². The quantitative estimate of drug-likeness (QED) is 0.402. The molecule has 0 amide bonds. The average molecular weight is 269 g/mol. The first kappa shape index (κ1) is 19.0. The molecule has 0 aromatic heterocycles. The summed E-state index contributed by atoms with van der Waals surface area (Å²) < 4.78 is 0. The fraction of sp³-hybridized carbons (Fsp3) is 1.00. The maximum absolute atomic E-state index is 2.49. The van der Waals surface area contributed by atoms with Crippen LogP contribution in [0.25, 0.3) is 0 Å². The molecule has 0 rings (SSSR count). The molecule has 0 heterocycles. The summed E-state index contributed by atoms with van der Waals surface area (Å²) in [5.74, 6) is 3.48. The van der Waals surface area contributed by atoms with Gasteiger partial charge in [0, 0.05) is 0 Å². The second-order valence-electron chi connectivity index (χ2n) is 7.97. The predicted octanol–water partition coefficient (Wildman–Crippen LogP) is 6.94. The highest BCUT2D eigenvalue weighted by atomic mass is 14.4. The van der Waals surface area contributed by atoms with Gasteiger partial charge in [-0.3, -0.25) is 0 Å². The first-order valence-electron chi connectivity index (χ1n) is 8.74. The molecule has 0 N–H and O–H groups in total. The summed E-state index contributed by atoms with van der Waals surface area (Å²) in [4.78, 5) is 0. The maximum Gasteiger partial charge on any atom is -0.0323 e. The van der Waals surface area contributed by atoms with Gasteiger partial charge in [0.25, 0.3) is 0 Å². The van der Waals surface area contributed by atoms with Crippen LogP contribution in [-0.2, 0) is 0 Å². The highest BCUT2D eigenvalue weighted by Gasteiger charge is 2.31. The minimum Gasteiger partial charge on any atom is -0.0651 e. The molecule has 3 unspecified atom stereocenters. The van der Waals surface area contributed by atoms with Crippen LogP contribution in [0, 0.1) is 29.1 Å². The van der Waals surface area contributed by atoms with Gasteiger partial charge in [-0.05, 0) is 35.5 Å². The van der Waals surface area contributed by atoms with Crippen molar-refractivity contribution in [2.45, 2.75) is 93.9 Å². The van der Waals surface area contributed by atoms with E-state index >= 15 is 0 Å². The smallest absolute Gasteiger partial charge is 0.0323 e. The van der Waals surface area contributed by atoms with E-state index in [9.17, 15) is 0 Å². The van der Waals surface area contributed by atoms with Gasteiger partial charge in [-0.25, -0.2) is 0 Å². The molecule has 0 aromatic rings. The molecular weight excluding hydrogens is 228 g/mol. The Hall–Kier alpha value is 0. The Morgan fingerprint density at radius 1 is 0.842 bits per heavy atom. The van der Waals surface area contributed by atoms with Crippen molar-refractivity contribution >= 4 is 0 Å². The van der Waals surface area contributed by atoms with Crippen molar-refractivity contribution in [3.63, 3.8) is 0 Å². The van der Waals surface area contributed by atoms with E-state index in [1.54, 1.807) is 0 Å². The van der Waals surface area contributed by atoms with E-state index in [0.717, 1.165) is 23.7 Å². The van der Waals surface area contributed by atoms with Crippen LogP contribution in [-0.4, -0.2) is 0 Å². The van der Waals surface area contributed by atoms with Gasteiger partial charge in [0.15, 0.2) is 0 Å². The second-order valence-corrected chi connectivity index (χ2v) is 7.97. The van der Waals surface area contributed by atoms with Crippen LogP contribution in [0.2, 0.25) is 0 Å². The lowest BCUT2D eigenvalue weighted by molar-refractivity contribution is 0.119. The fourth-order valence-corrected chi connectivity index (χ4v) is 3.32. The summed E-state index contributed by atoms with van der Waals surface area (Å²) in [6.45, 7) is 19.3. The van der Waals surface area contributed by atoms with Crippen molar-refractivity contribution in [2.75, 3.05) is 0 Å². The van der Waals surface area contributed by atoms with Crippen molar-refractivity contribution in [3.05, 3.63) is 0 Å². The van der Waals surface area contributed by atoms with E-state index in [2.05, 4.69) is 55.4 Å². The van der Waals surface area contributed by atoms with Gasteiger partial charge >= 0.3 is 0 Å². The van der Waals surface area contributed by atoms with Gasteiger partial charge in [0.2, 0.25) is 0 Å². The van der Waals surface area contributed by atoms with Gasteiger partial charge in [-0.1, -0.05) is 87.5 Å². The van der Waals surface area contributed by atoms with E-state index in [1.165, 1.54) is 38.5 Å². The van der Waals surface area contributed by atoms with E-state index in [1.807, 2.05) is 0 Å². The fourth-order valence-electron chi connectivity index (χ4n) is 3.32. The van der Waals surface area contributed by atoms with Crippen molar-refractivity contribution < 1.29 is 0 Å². The third kappa shape index (κ3) is 7.37. The predicted molar refractivity (Wildman–Crippen MR) is 89.5 cm³/mol. The first-order valence-corrected chi connectivity index (χ1v) is 8.74. The Balaban J connectivity index is 4.33. The minimum absolute atomic E-state index is 0.494. The molecule has 0 saturated carbocycles. The largest absolute Gasteiger partial charge is 0.0651 e. The number of rotatable bonds is 10. The van der Waals surface area contributed by atoms with Crippen molar-refractivity contribution in [3.8, 4) is 0 Å². The topological polar surface area (TPSA) is 0 Å². The van der Waals surface area contributed by atoms with Crippen LogP contribution in [0.4, 0.5) is 0 Å². The van der Waals surface area contributed by atoms with Gasteiger partial charge in [0.05, 0.1) is 0 Å². The molecule has 0 heteroatoms. The standard InChI is InChI=1S/C19H40/c1-9-16(5)17(6)19(7,8)14-18(10-2)13-11-12-15(3)4/h15-18H,9-14H2,1-8H3. The maximum atomic E-state index is 2.49. The highest BCUT2D eigenvalue weighted by molar-refractivity contribution is 4.81. The summed E-state index contributed by atoms with van der Waals surface area (Å²) >= 11 is 0. The summed E-state index contributed by atoms with van der Waals surface area (Å²) in [5, 5.41) is 0. The molecule has 0 aliphatic rings. The van der Waals surface area contributed by atoms with Crippen LogP contribution in [0.15, 0.2) is 0 Å². The van der Waals surface area contributed by atoms with Crippen LogP contribution in [0.3, 0.4) is 0 Å². The Morgan fingerprint density at radius 3 is 1.84 bits per heavy atom. The molecule has 116 valence electrons. The molecule has 0 fully saturated rings. The highest BCUT2D eigenvalue weighted by Crippen LogP contribution is 2.40. The van der Waals surface area contributed by atoms with Crippen LogP contribution in [0.5, 0.6) is 0 Å². The molecule has 19 heavy (non-hydrogen) atoms. The van der Waals surface area contributed by atoms with Crippen LogP contribution >= 0.6 is 0 Å². The lowest BCUT2D eigenvalue weighted by atomic mass is 9.67. The summed E-state index contributed by atoms with van der Waals surface area (Å²) in [5.41, 5.74) is 0.494. The van der Waals surface area contributed by atoms with Crippen molar-refractivity contribution in [1.29, 1.82) is 0 Å². The third-order valence-electron chi connectivity index (χ3n) is 5.52. The third-order valence-corrected chi connectivity index (χ3v) is 5.52. The number of hydrogen-bond donors (Lipinski definition) is 0. The lowest BCUT2D eigenvalue weighted by Crippen LogP contribution is -2.29. The van der Waals surface area contributed by atoms with Crippen molar-refractivity contribution in [2.24, 2.45) is 29.1 Å². The second kappa shape index (κ2) is 9.03. The lowest BCUT2D eigenvalue weighted by Gasteiger charge is -2.38. The molecular formula is C19H40. The molecule has 0 aromatic carbocycles. The molecule has 0 spiro atoms. The molecule has 0 saturated heterocycles. The van der Waals surface area contributed by atoms with E-state index in [0.29, 0.717) is 5.41 Å². The molecule has 3 atom stereocenters. The van der Waals surface area contributed by atoms with E-state index < -0.39 is 0 Å². The van der Waals surface area contributed by atoms with Gasteiger partial charge in [-0.2, -0.15) is 0 Å². The van der Waals surface area contributed by atoms with Gasteiger partial charge in [0.1, 0.15) is 0 Å². The van der Waals surface area contributed by atoms with E-state index in [4.69, 9.17) is 0 Å².